The van der Waals surface area contributed by atoms with Gasteiger partial charge in [0.2, 0.25) is 18.2 Å². The van der Waals surface area contributed by atoms with Crippen LogP contribution in [0.1, 0.15) is 42.5 Å². The van der Waals surface area contributed by atoms with Gasteiger partial charge < -0.3 is 37.4 Å². The van der Waals surface area contributed by atoms with E-state index in [0.717, 1.165) is 5.69 Å². The normalized spacial score (nSPS) is 12.1. The predicted molar refractivity (Wildman–Crippen MR) is 126 cm³/mol. The number of benzene rings is 1. The van der Waals surface area contributed by atoms with Gasteiger partial charge in [0, 0.05) is 44.4 Å². The molecule has 1 rings (SSSR count). The molecular formula is C22H34N6O6. The highest BCUT2D eigenvalue weighted by atomic mass is 16.4. The van der Waals surface area contributed by atoms with Gasteiger partial charge in [-0.3, -0.25) is 19.2 Å². The monoisotopic (exact) mass is 478 g/mol. The molecule has 0 bridgehead atoms. The minimum absolute atomic E-state index is 0.101. The molecule has 0 spiro atoms. The standard InChI is InChI=1S/C22H34N6O6/c1-24-21(32)17(28-19(30)10-9-18(22(33)34)27-14-29)4-2-3-12-26-20(31)15-5-7-16(8-6-15)25-13-11-23/h5-8,14,17-18,25H,2-4,9-13,23H2,1H3,(H,24,32)(H,26,31)(H,27,29)(H,28,30)(H,33,34)/t17-,18?/m0/s1. The zero-order chi connectivity index (χ0) is 25.3. The molecule has 0 saturated heterocycles. The zero-order valence-corrected chi connectivity index (χ0v) is 19.3. The van der Waals surface area contributed by atoms with Crippen molar-refractivity contribution < 1.29 is 29.1 Å². The van der Waals surface area contributed by atoms with Crippen LogP contribution in [0.3, 0.4) is 0 Å². The third-order valence-electron chi connectivity index (χ3n) is 4.95. The Morgan fingerprint density at radius 2 is 1.74 bits per heavy atom. The maximum absolute atomic E-state index is 12.2. The fraction of sp³-hybridized carbons (Fsp3) is 0.500. The summed E-state index contributed by atoms with van der Waals surface area (Å²) < 4.78 is 0. The number of carboxylic acids is 1. The number of amides is 4. The maximum atomic E-state index is 12.2. The fourth-order valence-corrected chi connectivity index (χ4v) is 3.08. The molecule has 0 aliphatic carbocycles. The first-order chi connectivity index (χ1) is 16.3. The van der Waals surface area contributed by atoms with Crippen LogP contribution in [0.4, 0.5) is 5.69 Å². The molecular weight excluding hydrogens is 444 g/mol. The summed E-state index contributed by atoms with van der Waals surface area (Å²) in [5.74, 6) is -2.32. The van der Waals surface area contributed by atoms with Gasteiger partial charge >= 0.3 is 5.97 Å². The molecule has 34 heavy (non-hydrogen) atoms. The number of nitrogens with two attached hydrogens (primary N) is 1. The highest BCUT2D eigenvalue weighted by Gasteiger charge is 2.22. The molecule has 12 heteroatoms. The van der Waals surface area contributed by atoms with Crippen LogP contribution in [0.15, 0.2) is 24.3 Å². The molecule has 0 radical (unpaired) electrons. The van der Waals surface area contributed by atoms with Crippen molar-refractivity contribution in [1.29, 1.82) is 0 Å². The molecule has 12 nitrogen and oxygen atoms in total. The Bertz CT molecular complexity index is 817. The number of hydrogen-bond donors (Lipinski definition) is 7. The number of hydrogen-bond acceptors (Lipinski definition) is 7. The fourth-order valence-electron chi connectivity index (χ4n) is 3.08. The number of carbonyl (C=O) groups is 5. The lowest BCUT2D eigenvalue weighted by molar-refractivity contribution is -0.141. The number of likely N-dealkylation sites (N-methyl/N-ethyl adjacent to an activating group) is 1. The second kappa shape index (κ2) is 16.0. The molecule has 2 atom stereocenters. The number of nitrogens with one attached hydrogen (secondary N) is 5. The molecule has 0 aliphatic rings. The first-order valence-electron chi connectivity index (χ1n) is 11.1. The van der Waals surface area contributed by atoms with Crippen LogP contribution in [0, 0.1) is 0 Å². The summed E-state index contributed by atoms with van der Waals surface area (Å²) >= 11 is 0. The lowest BCUT2D eigenvalue weighted by Gasteiger charge is -2.18. The third kappa shape index (κ3) is 10.8. The number of aliphatic carboxylic acids is 1. The van der Waals surface area contributed by atoms with Crippen LogP contribution in [0.5, 0.6) is 0 Å². The van der Waals surface area contributed by atoms with Gasteiger partial charge in [-0.25, -0.2) is 4.79 Å². The number of anilines is 1. The lowest BCUT2D eigenvalue weighted by atomic mass is 10.1. The molecule has 1 aromatic rings. The van der Waals surface area contributed by atoms with Gasteiger partial charge in [-0.2, -0.15) is 0 Å². The molecule has 0 saturated carbocycles. The van der Waals surface area contributed by atoms with E-state index >= 15 is 0 Å². The first-order valence-corrected chi connectivity index (χ1v) is 11.1. The summed E-state index contributed by atoms with van der Waals surface area (Å²) in [7, 11) is 1.45. The van der Waals surface area contributed by atoms with Crippen molar-refractivity contribution in [2.45, 2.75) is 44.2 Å². The topological polar surface area (TPSA) is 192 Å². The predicted octanol–water partition coefficient (Wildman–Crippen LogP) is -0.832. The minimum Gasteiger partial charge on any atom is -0.480 e. The van der Waals surface area contributed by atoms with Gasteiger partial charge in [-0.1, -0.05) is 0 Å². The molecule has 0 aromatic heterocycles. The van der Waals surface area contributed by atoms with Gasteiger partial charge in [0.05, 0.1) is 0 Å². The minimum atomic E-state index is -1.25. The molecule has 0 heterocycles. The van der Waals surface area contributed by atoms with Crippen molar-refractivity contribution >= 4 is 35.8 Å². The van der Waals surface area contributed by atoms with E-state index in [1.807, 2.05) is 0 Å². The van der Waals surface area contributed by atoms with Crippen molar-refractivity contribution in [2.24, 2.45) is 5.73 Å². The maximum Gasteiger partial charge on any atom is 0.326 e. The van der Waals surface area contributed by atoms with Crippen molar-refractivity contribution in [3.05, 3.63) is 29.8 Å². The average molecular weight is 479 g/mol. The third-order valence-corrected chi connectivity index (χ3v) is 4.95. The average Bonchev–Trinajstić information content (AvgIpc) is 2.83. The van der Waals surface area contributed by atoms with Crippen LogP contribution in [0.2, 0.25) is 0 Å². The zero-order valence-electron chi connectivity index (χ0n) is 19.3. The van der Waals surface area contributed by atoms with Crippen LogP contribution in [-0.4, -0.2) is 74.0 Å². The lowest BCUT2D eigenvalue weighted by Crippen LogP contribution is -2.46. The molecule has 8 N–H and O–H groups in total. The van der Waals surface area contributed by atoms with Crippen molar-refractivity contribution in [1.82, 2.24) is 21.3 Å². The van der Waals surface area contributed by atoms with E-state index in [9.17, 15) is 24.0 Å². The Balaban J connectivity index is 2.41. The number of rotatable bonds is 17. The Kier molecular flexibility index (Phi) is 13.4. The van der Waals surface area contributed by atoms with E-state index in [1.54, 1.807) is 24.3 Å². The SMILES string of the molecule is CNC(=O)[C@H](CCCCNC(=O)c1ccc(NCCN)cc1)NC(=O)CCC(NC=O)C(=O)O. The van der Waals surface area contributed by atoms with Crippen molar-refractivity contribution in [2.75, 3.05) is 32.0 Å². The van der Waals surface area contributed by atoms with Crippen molar-refractivity contribution in [3.8, 4) is 0 Å². The van der Waals surface area contributed by atoms with E-state index in [-0.39, 0.29) is 31.1 Å². The smallest absolute Gasteiger partial charge is 0.326 e. The Morgan fingerprint density at radius 1 is 1.03 bits per heavy atom. The van der Waals surface area contributed by atoms with Gasteiger partial charge in [-0.05, 0) is 49.9 Å². The number of unbranched alkanes of at least 4 members (excludes halogenated alkanes) is 1. The van der Waals surface area contributed by atoms with E-state index < -0.39 is 24.0 Å². The summed E-state index contributed by atoms with van der Waals surface area (Å²) in [6, 6.07) is 5.06. The van der Waals surface area contributed by atoms with Gasteiger partial charge in [-0.15, -0.1) is 0 Å². The molecule has 0 aliphatic heterocycles. The van der Waals surface area contributed by atoms with E-state index in [0.29, 0.717) is 44.5 Å². The van der Waals surface area contributed by atoms with E-state index in [2.05, 4.69) is 26.6 Å². The Morgan fingerprint density at radius 3 is 2.32 bits per heavy atom. The number of carboxylic acid groups (broad SMARTS) is 1. The summed E-state index contributed by atoms with van der Waals surface area (Å²) in [4.78, 5) is 58.0. The summed E-state index contributed by atoms with van der Waals surface area (Å²) in [6.07, 6.45) is 1.50. The van der Waals surface area contributed by atoms with E-state index in [1.165, 1.54) is 7.05 Å². The van der Waals surface area contributed by atoms with Crippen LogP contribution < -0.4 is 32.3 Å². The molecule has 188 valence electrons. The second-order valence-corrected chi connectivity index (χ2v) is 7.49. The summed E-state index contributed by atoms with van der Waals surface area (Å²) in [5, 5.41) is 22.1. The van der Waals surface area contributed by atoms with Gasteiger partial charge in [0.1, 0.15) is 12.1 Å². The van der Waals surface area contributed by atoms with Crippen LogP contribution >= 0.6 is 0 Å². The summed E-state index contributed by atoms with van der Waals surface area (Å²) in [6.45, 7) is 1.55. The first kappa shape index (κ1) is 28.4. The molecule has 4 amide bonds. The quantitative estimate of drug-likeness (QED) is 0.111. The highest BCUT2D eigenvalue weighted by molar-refractivity contribution is 5.94. The van der Waals surface area contributed by atoms with Crippen molar-refractivity contribution in [3.63, 3.8) is 0 Å². The molecule has 1 unspecified atom stereocenters. The van der Waals surface area contributed by atoms with Gasteiger partial charge in [0.15, 0.2) is 0 Å². The van der Waals surface area contributed by atoms with E-state index in [4.69, 9.17) is 10.8 Å². The largest absolute Gasteiger partial charge is 0.480 e. The molecule has 1 aromatic carbocycles. The van der Waals surface area contributed by atoms with Crippen LogP contribution in [-0.2, 0) is 19.2 Å². The van der Waals surface area contributed by atoms with Gasteiger partial charge in [0.25, 0.3) is 5.91 Å². The summed E-state index contributed by atoms with van der Waals surface area (Å²) in [5.41, 5.74) is 6.85. The Hall–Kier alpha value is -3.67. The molecule has 0 fully saturated rings. The number of carbonyl (C=O) groups excluding carboxylic acids is 4. The Labute approximate surface area is 198 Å². The highest BCUT2D eigenvalue weighted by Crippen LogP contribution is 2.09. The van der Waals surface area contributed by atoms with Crippen LogP contribution in [0.25, 0.3) is 0 Å². The second-order valence-electron chi connectivity index (χ2n) is 7.49.